The summed E-state index contributed by atoms with van der Waals surface area (Å²) in [6, 6.07) is 8.34. The lowest BCUT2D eigenvalue weighted by Gasteiger charge is -2.38. The van der Waals surface area contributed by atoms with Gasteiger partial charge in [-0.3, -0.25) is 4.99 Å². The summed E-state index contributed by atoms with van der Waals surface area (Å²) >= 11 is 0. The number of benzene rings is 1. The molecule has 1 unspecified atom stereocenters. The maximum atomic E-state index is 6.11. The molecule has 0 saturated heterocycles. The predicted molar refractivity (Wildman–Crippen MR) is 100 cm³/mol. The van der Waals surface area contributed by atoms with Crippen molar-refractivity contribution in [2.24, 2.45) is 4.99 Å². The largest absolute Gasteiger partial charge is 0.487 e. The first-order valence-corrected chi connectivity index (χ1v) is 9.22. The van der Waals surface area contributed by atoms with Gasteiger partial charge in [-0.15, -0.1) is 10.2 Å². The van der Waals surface area contributed by atoms with Crippen molar-refractivity contribution in [1.29, 1.82) is 0 Å². The highest BCUT2D eigenvalue weighted by Crippen LogP contribution is 2.39. The van der Waals surface area contributed by atoms with Crippen molar-refractivity contribution in [3.63, 3.8) is 0 Å². The molecule has 2 aliphatic heterocycles. The second-order valence-electron chi connectivity index (χ2n) is 7.51. The lowest BCUT2D eigenvalue weighted by molar-refractivity contribution is 0.0694. The lowest BCUT2D eigenvalue weighted by Crippen LogP contribution is -2.45. The van der Waals surface area contributed by atoms with Gasteiger partial charge in [0, 0.05) is 32.0 Å². The summed E-state index contributed by atoms with van der Waals surface area (Å²) in [6.45, 7) is 5.86. The van der Waals surface area contributed by atoms with Gasteiger partial charge >= 0.3 is 0 Å². The molecule has 7 nitrogen and oxygen atoms in total. The van der Waals surface area contributed by atoms with E-state index in [-0.39, 0.29) is 11.6 Å². The Balaban J connectivity index is 1.46. The molecule has 0 bridgehead atoms. The van der Waals surface area contributed by atoms with Crippen molar-refractivity contribution in [2.75, 3.05) is 7.05 Å². The van der Waals surface area contributed by atoms with E-state index < -0.39 is 0 Å². The van der Waals surface area contributed by atoms with Gasteiger partial charge in [0.1, 0.15) is 17.2 Å². The minimum absolute atomic E-state index is 0.144. The fraction of sp³-hybridized carbons (Fsp3) is 0.526. The first kappa shape index (κ1) is 16.9. The average molecular weight is 354 g/mol. The number of nitrogens with one attached hydrogen (secondary N) is 2. The molecule has 0 radical (unpaired) electrons. The zero-order valence-electron chi connectivity index (χ0n) is 15.6. The van der Waals surface area contributed by atoms with Gasteiger partial charge in [0.25, 0.3) is 0 Å². The number of rotatable bonds is 3. The summed E-state index contributed by atoms with van der Waals surface area (Å²) in [5, 5.41) is 15.5. The highest BCUT2D eigenvalue weighted by molar-refractivity contribution is 5.80. The van der Waals surface area contributed by atoms with E-state index in [1.54, 1.807) is 7.05 Å². The first-order valence-electron chi connectivity index (χ1n) is 9.22. The molecule has 2 aromatic rings. The number of aliphatic imine (C=N–C) groups is 1. The molecule has 1 aromatic carbocycles. The van der Waals surface area contributed by atoms with Gasteiger partial charge in [0.05, 0.1) is 12.6 Å². The fourth-order valence-electron chi connectivity index (χ4n) is 3.79. The maximum absolute atomic E-state index is 6.11. The van der Waals surface area contributed by atoms with Crippen molar-refractivity contribution in [3.8, 4) is 5.75 Å². The molecular weight excluding hydrogens is 328 g/mol. The summed E-state index contributed by atoms with van der Waals surface area (Å²) in [6.07, 6.45) is 3.04. The predicted octanol–water partition coefficient (Wildman–Crippen LogP) is 2.19. The van der Waals surface area contributed by atoms with Gasteiger partial charge in [0.2, 0.25) is 0 Å². The van der Waals surface area contributed by atoms with Crippen LogP contribution in [0.5, 0.6) is 5.75 Å². The molecule has 0 spiro atoms. The molecule has 3 heterocycles. The monoisotopic (exact) mass is 354 g/mol. The third-order valence-corrected chi connectivity index (χ3v) is 5.01. The molecule has 0 amide bonds. The summed E-state index contributed by atoms with van der Waals surface area (Å²) in [5.41, 5.74) is 0.941. The summed E-state index contributed by atoms with van der Waals surface area (Å²) in [5.74, 6) is 3.75. The number of para-hydroxylation sites is 1. The molecule has 4 rings (SSSR count). The summed E-state index contributed by atoms with van der Waals surface area (Å²) < 4.78 is 8.31. The molecule has 2 aliphatic rings. The molecule has 138 valence electrons. The van der Waals surface area contributed by atoms with E-state index in [1.807, 2.05) is 18.2 Å². The molecule has 7 heteroatoms. The van der Waals surface area contributed by atoms with Gasteiger partial charge < -0.3 is 19.9 Å². The van der Waals surface area contributed by atoms with Crippen molar-refractivity contribution in [2.45, 2.75) is 57.8 Å². The maximum Gasteiger partial charge on any atom is 0.191 e. The van der Waals surface area contributed by atoms with E-state index >= 15 is 0 Å². The summed E-state index contributed by atoms with van der Waals surface area (Å²) in [4.78, 5) is 4.39. The number of guanidine groups is 1. The third kappa shape index (κ3) is 3.25. The van der Waals surface area contributed by atoms with Crippen LogP contribution in [0.4, 0.5) is 0 Å². The van der Waals surface area contributed by atoms with Crippen LogP contribution in [0.15, 0.2) is 29.3 Å². The van der Waals surface area contributed by atoms with Gasteiger partial charge in [-0.25, -0.2) is 0 Å². The zero-order valence-corrected chi connectivity index (χ0v) is 15.6. The van der Waals surface area contributed by atoms with Gasteiger partial charge in [-0.2, -0.15) is 0 Å². The Labute approximate surface area is 153 Å². The molecule has 0 aliphatic carbocycles. The Hall–Kier alpha value is -2.57. The summed E-state index contributed by atoms with van der Waals surface area (Å²) in [7, 11) is 1.79. The number of aromatic nitrogens is 3. The Morgan fingerprint density at radius 3 is 3.04 bits per heavy atom. The molecular formula is C19H26N6O. The average Bonchev–Trinajstić information content (AvgIpc) is 3.21. The Morgan fingerprint density at radius 1 is 1.35 bits per heavy atom. The molecule has 2 N–H and O–H groups in total. The molecule has 0 saturated carbocycles. The van der Waals surface area contributed by atoms with Gasteiger partial charge in [-0.05, 0) is 26.3 Å². The Morgan fingerprint density at radius 2 is 2.19 bits per heavy atom. The topological polar surface area (TPSA) is 76.4 Å². The minimum Gasteiger partial charge on any atom is -0.487 e. The molecule has 1 atom stereocenters. The van der Waals surface area contributed by atoms with Crippen molar-refractivity contribution < 1.29 is 4.74 Å². The number of ether oxygens (including phenoxy) is 1. The van der Waals surface area contributed by atoms with Crippen LogP contribution in [0.25, 0.3) is 0 Å². The molecule has 1 aromatic heterocycles. The second kappa shape index (κ2) is 6.63. The number of fused-ring (bicyclic) bond motifs is 2. The van der Waals surface area contributed by atoms with Crippen LogP contribution < -0.4 is 15.4 Å². The quantitative estimate of drug-likeness (QED) is 0.653. The smallest absolute Gasteiger partial charge is 0.191 e. The number of hydrogen-bond donors (Lipinski definition) is 2. The van der Waals surface area contributed by atoms with E-state index in [0.29, 0.717) is 6.54 Å². The van der Waals surface area contributed by atoms with Crippen molar-refractivity contribution in [3.05, 3.63) is 41.5 Å². The third-order valence-electron chi connectivity index (χ3n) is 5.01. The van der Waals surface area contributed by atoms with E-state index in [0.717, 1.165) is 54.7 Å². The molecule has 26 heavy (non-hydrogen) atoms. The first-order chi connectivity index (χ1) is 12.6. The molecule has 0 fully saturated rings. The minimum atomic E-state index is -0.224. The second-order valence-corrected chi connectivity index (χ2v) is 7.51. The van der Waals surface area contributed by atoms with Crippen molar-refractivity contribution in [1.82, 2.24) is 25.4 Å². The van der Waals surface area contributed by atoms with Gasteiger partial charge in [0.15, 0.2) is 11.8 Å². The number of nitrogens with zero attached hydrogens (tertiary/aromatic N) is 4. The number of hydrogen-bond acceptors (Lipinski definition) is 4. The van der Waals surface area contributed by atoms with E-state index in [4.69, 9.17) is 4.74 Å². The Bertz CT molecular complexity index is 825. The van der Waals surface area contributed by atoms with Gasteiger partial charge in [-0.1, -0.05) is 18.2 Å². The van der Waals surface area contributed by atoms with Crippen LogP contribution in [0, 0.1) is 0 Å². The zero-order chi connectivity index (χ0) is 18.1. The van der Waals surface area contributed by atoms with Crippen LogP contribution in [0.2, 0.25) is 0 Å². The number of aryl methyl sites for hydroxylation is 1. The van der Waals surface area contributed by atoms with E-state index in [1.165, 1.54) is 0 Å². The van der Waals surface area contributed by atoms with Crippen LogP contribution in [-0.2, 0) is 19.5 Å². The van der Waals surface area contributed by atoms with Crippen LogP contribution in [-0.4, -0.2) is 33.4 Å². The Kier molecular flexibility index (Phi) is 4.30. The highest BCUT2D eigenvalue weighted by Gasteiger charge is 2.34. The van der Waals surface area contributed by atoms with E-state index in [2.05, 4.69) is 50.3 Å². The normalized spacial score (nSPS) is 20.9. The van der Waals surface area contributed by atoms with Crippen LogP contribution in [0.3, 0.4) is 0 Å². The lowest BCUT2D eigenvalue weighted by atomic mass is 9.90. The van der Waals surface area contributed by atoms with Crippen LogP contribution >= 0.6 is 0 Å². The van der Waals surface area contributed by atoms with Crippen molar-refractivity contribution >= 4 is 5.96 Å². The standard InChI is InChI=1S/C19H26N6O/c1-19(2)11-14(13-7-4-5-8-15(13)26-19)22-18(20-3)21-12-17-24-23-16-9-6-10-25(16)17/h4-5,7-8,14H,6,9-12H2,1-3H3,(H2,20,21,22). The van der Waals surface area contributed by atoms with E-state index in [9.17, 15) is 0 Å². The SMILES string of the molecule is CN=C(NCc1nnc2n1CCC2)NC1CC(C)(C)Oc2ccccc21. The fourth-order valence-corrected chi connectivity index (χ4v) is 3.79. The highest BCUT2D eigenvalue weighted by atomic mass is 16.5. The van der Waals surface area contributed by atoms with Crippen LogP contribution in [0.1, 0.15) is 49.9 Å².